The maximum absolute atomic E-state index is 12.7. The molecule has 1 spiro atoms. The molecule has 0 unspecified atom stereocenters. The van der Waals surface area contributed by atoms with Crippen molar-refractivity contribution in [2.45, 2.75) is 12.8 Å². The van der Waals surface area contributed by atoms with Crippen molar-refractivity contribution in [2.75, 3.05) is 49.7 Å². The Bertz CT molecular complexity index is 1150. The van der Waals surface area contributed by atoms with E-state index in [9.17, 15) is 4.79 Å². The average molecular weight is 421 g/mol. The van der Waals surface area contributed by atoms with Crippen LogP contribution < -0.4 is 19.7 Å². The Balaban J connectivity index is 1.20. The number of oxazole rings is 1. The smallest absolute Gasteiger partial charge is 0.298 e. The van der Waals surface area contributed by atoms with Gasteiger partial charge < -0.3 is 28.8 Å². The van der Waals surface area contributed by atoms with Crippen LogP contribution in [0.3, 0.4) is 0 Å². The van der Waals surface area contributed by atoms with Gasteiger partial charge in [0.15, 0.2) is 17.1 Å². The Labute approximate surface area is 179 Å². The SMILES string of the molecule is O=C(Nc1ccc2oc(N3CCCC4(COC4)C3)nc2c1)c1ccc2c(c1)OCCO2. The van der Waals surface area contributed by atoms with Gasteiger partial charge in [0, 0.05) is 29.8 Å². The summed E-state index contributed by atoms with van der Waals surface area (Å²) in [5, 5.41) is 2.93. The zero-order valence-electron chi connectivity index (χ0n) is 17.1. The number of piperidine rings is 1. The summed E-state index contributed by atoms with van der Waals surface area (Å²) in [5.41, 5.74) is 2.85. The van der Waals surface area contributed by atoms with Gasteiger partial charge in [-0.1, -0.05) is 0 Å². The van der Waals surface area contributed by atoms with Crippen LogP contribution in [0.15, 0.2) is 40.8 Å². The molecule has 1 aromatic heterocycles. The van der Waals surface area contributed by atoms with Crippen LogP contribution in [0.5, 0.6) is 11.5 Å². The third kappa shape index (κ3) is 3.37. The van der Waals surface area contributed by atoms with Crippen LogP contribution in [-0.2, 0) is 4.74 Å². The molecule has 3 aliphatic heterocycles. The van der Waals surface area contributed by atoms with Crippen molar-refractivity contribution in [3.05, 3.63) is 42.0 Å². The van der Waals surface area contributed by atoms with E-state index in [0.29, 0.717) is 47.6 Å². The zero-order valence-corrected chi connectivity index (χ0v) is 17.1. The minimum atomic E-state index is -0.219. The number of nitrogens with one attached hydrogen (secondary N) is 1. The van der Waals surface area contributed by atoms with Crippen LogP contribution in [0.25, 0.3) is 11.1 Å². The summed E-state index contributed by atoms with van der Waals surface area (Å²) in [6.07, 6.45) is 2.30. The fraction of sp³-hybridized carbons (Fsp3) is 0.391. The second-order valence-electron chi connectivity index (χ2n) is 8.51. The number of aromatic nitrogens is 1. The molecular formula is C23H23N3O5. The molecule has 1 amide bonds. The van der Waals surface area contributed by atoms with Gasteiger partial charge in [-0.05, 0) is 49.2 Å². The zero-order chi connectivity index (χ0) is 20.8. The Kier molecular flexibility index (Phi) is 4.27. The first kappa shape index (κ1) is 18.5. The third-order valence-electron chi connectivity index (χ3n) is 6.19. The van der Waals surface area contributed by atoms with Crippen LogP contribution in [0.4, 0.5) is 11.7 Å². The Morgan fingerprint density at radius 1 is 1.06 bits per heavy atom. The lowest BCUT2D eigenvalue weighted by atomic mass is 9.78. The first-order valence-corrected chi connectivity index (χ1v) is 10.6. The van der Waals surface area contributed by atoms with Gasteiger partial charge in [0.2, 0.25) is 0 Å². The molecule has 0 saturated carbocycles. The second kappa shape index (κ2) is 7.16. The second-order valence-corrected chi connectivity index (χ2v) is 8.51. The molecule has 31 heavy (non-hydrogen) atoms. The summed E-state index contributed by atoms with van der Waals surface area (Å²) in [6.45, 7) is 4.48. The number of rotatable bonds is 3. The fourth-order valence-corrected chi connectivity index (χ4v) is 4.51. The van der Waals surface area contributed by atoms with E-state index in [0.717, 1.165) is 38.2 Å². The number of nitrogens with zero attached hydrogens (tertiary/aromatic N) is 2. The molecule has 160 valence electrons. The van der Waals surface area contributed by atoms with Crippen LogP contribution in [-0.4, -0.2) is 50.4 Å². The fourth-order valence-electron chi connectivity index (χ4n) is 4.51. The topological polar surface area (TPSA) is 86.1 Å². The summed E-state index contributed by atoms with van der Waals surface area (Å²) < 4.78 is 22.5. The molecule has 2 fully saturated rings. The number of anilines is 2. The van der Waals surface area contributed by atoms with E-state index in [1.807, 2.05) is 18.2 Å². The number of amides is 1. The van der Waals surface area contributed by atoms with E-state index >= 15 is 0 Å². The molecule has 4 heterocycles. The van der Waals surface area contributed by atoms with Gasteiger partial charge in [-0.25, -0.2) is 0 Å². The van der Waals surface area contributed by atoms with Gasteiger partial charge in [-0.3, -0.25) is 4.79 Å². The van der Waals surface area contributed by atoms with Gasteiger partial charge in [0.1, 0.15) is 18.7 Å². The Hall–Kier alpha value is -3.26. The number of carbonyl (C=O) groups excluding carboxylic acids is 1. The van der Waals surface area contributed by atoms with E-state index in [1.54, 1.807) is 18.2 Å². The number of benzene rings is 2. The van der Waals surface area contributed by atoms with Crippen molar-refractivity contribution in [2.24, 2.45) is 5.41 Å². The predicted octanol–water partition coefficient (Wildman–Crippen LogP) is 3.47. The van der Waals surface area contributed by atoms with Crippen LogP contribution >= 0.6 is 0 Å². The molecule has 2 aromatic carbocycles. The quantitative estimate of drug-likeness (QED) is 0.693. The van der Waals surface area contributed by atoms with Crippen molar-refractivity contribution in [1.82, 2.24) is 4.98 Å². The number of hydrogen-bond acceptors (Lipinski definition) is 7. The molecule has 0 atom stereocenters. The van der Waals surface area contributed by atoms with Crippen molar-refractivity contribution < 1.29 is 23.4 Å². The van der Waals surface area contributed by atoms with Gasteiger partial charge in [-0.15, -0.1) is 0 Å². The highest BCUT2D eigenvalue weighted by Crippen LogP contribution is 2.39. The van der Waals surface area contributed by atoms with Gasteiger partial charge in [0.25, 0.3) is 11.9 Å². The van der Waals surface area contributed by atoms with Crippen molar-refractivity contribution >= 4 is 28.7 Å². The van der Waals surface area contributed by atoms with E-state index in [1.165, 1.54) is 6.42 Å². The minimum Gasteiger partial charge on any atom is -0.486 e. The summed E-state index contributed by atoms with van der Waals surface area (Å²) in [7, 11) is 0. The van der Waals surface area contributed by atoms with Crippen molar-refractivity contribution in [3.63, 3.8) is 0 Å². The molecule has 0 radical (unpaired) electrons. The van der Waals surface area contributed by atoms with Crippen molar-refractivity contribution in [3.8, 4) is 11.5 Å². The summed E-state index contributed by atoms with van der Waals surface area (Å²) in [6, 6.07) is 11.3. The van der Waals surface area contributed by atoms with E-state index < -0.39 is 0 Å². The lowest BCUT2D eigenvalue weighted by Gasteiger charge is -2.47. The standard InChI is InChI=1S/C23H23N3O5/c27-21(15-2-4-19-20(10-15)30-9-8-29-19)24-16-3-5-18-17(11-16)25-22(31-18)26-7-1-6-23(12-26)13-28-14-23/h2-5,10-11H,1,6-9,12-14H2,(H,24,27). The number of ether oxygens (including phenoxy) is 3. The molecule has 1 N–H and O–H groups in total. The molecule has 3 aromatic rings. The molecule has 6 rings (SSSR count). The highest BCUT2D eigenvalue weighted by Gasteiger charge is 2.43. The summed E-state index contributed by atoms with van der Waals surface area (Å²) in [5.74, 6) is 1.03. The average Bonchev–Trinajstić information content (AvgIpc) is 3.21. The Morgan fingerprint density at radius 2 is 1.94 bits per heavy atom. The Morgan fingerprint density at radius 3 is 2.77 bits per heavy atom. The predicted molar refractivity (Wildman–Crippen MR) is 114 cm³/mol. The van der Waals surface area contributed by atoms with E-state index in [2.05, 4.69) is 15.2 Å². The molecule has 8 heteroatoms. The molecule has 8 nitrogen and oxygen atoms in total. The molecule has 0 aliphatic carbocycles. The highest BCUT2D eigenvalue weighted by molar-refractivity contribution is 6.05. The van der Waals surface area contributed by atoms with E-state index in [-0.39, 0.29) is 11.3 Å². The largest absolute Gasteiger partial charge is 0.486 e. The number of fused-ring (bicyclic) bond motifs is 2. The van der Waals surface area contributed by atoms with Gasteiger partial charge >= 0.3 is 0 Å². The maximum atomic E-state index is 12.7. The third-order valence-corrected chi connectivity index (χ3v) is 6.19. The molecule has 0 bridgehead atoms. The molecule has 2 saturated heterocycles. The number of carbonyl (C=O) groups is 1. The first-order chi connectivity index (χ1) is 15.2. The van der Waals surface area contributed by atoms with Gasteiger partial charge in [0.05, 0.1) is 13.2 Å². The summed E-state index contributed by atoms with van der Waals surface area (Å²) in [4.78, 5) is 19.6. The first-order valence-electron chi connectivity index (χ1n) is 10.6. The van der Waals surface area contributed by atoms with E-state index in [4.69, 9.17) is 18.6 Å². The normalized spacial score (nSPS) is 19.3. The lowest BCUT2D eigenvalue weighted by Crippen LogP contribution is -2.54. The summed E-state index contributed by atoms with van der Waals surface area (Å²) >= 11 is 0. The molecular weight excluding hydrogens is 398 g/mol. The highest BCUT2D eigenvalue weighted by atomic mass is 16.6. The monoisotopic (exact) mass is 421 g/mol. The lowest BCUT2D eigenvalue weighted by molar-refractivity contribution is -0.118. The van der Waals surface area contributed by atoms with Crippen LogP contribution in [0.1, 0.15) is 23.2 Å². The number of hydrogen-bond donors (Lipinski definition) is 1. The molecule has 3 aliphatic rings. The maximum Gasteiger partial charge on any atom is 0.298 e. The van der Waals surface area contributed by atoms with Crippen LogP contribution in [0.2, 0.25) is 0 Å². The van der Waals surface area contributed by atoms with Crippen LogP contribution in [0, 0.1) is 5.41 Å². The van der Waals surface area contributed by atoms with Gasteiger partial charge in [-0.2, -0.15) is 4.98 Å². The minimum absolute atomic E-state index is 0.219. The van der Waals surface area contributed by atoms with Crippen molar-refractivity contribution in [1.29, 1.82) is 0 Å².